The van der Waals surface area contributed by atoms with Crippen LogP contribution in [0.2, 0.25) is 0 Å². The van der Waals surface area contributed by atoms with Crippen LogP contribution in [-0.2, 0) is 32.9 Å². The molecule has 5 aliphatic rings. The predicted molar refractivity (Wildman–Crippen MR) is 322 cm³/mol. The highest BCUT2D eigenvalue weighted by Gasteiger charge is 2.50. The van der Waals surface area contributed by atoms with Gasteiger partial charge >= 0.3 is 24.3 Å². The smallest absolute Gasteiger partial charge is 0.416 e. The number of nitrogens with zero attached hydrogens (tertiary/aromatic N) is 1. The summed E-state index contributed by atoms with van der Waals surface area (Å²) >= 11 is 0. The summed E-state index contributed by atoms with van der Waals surface area (Å²) < 4.78 is 121. The lowest BCUT2D eigenvalue weighted by molar-refractivity contribution is -0.144. The molecule has 2 aliphatic heterocycles. The van der Waals surface area contributed by atoms with E-state index in [-0.39, 0.29) is 62.8 Å². The van der Waals surface area contributed by atoms with Crippen molar-refractivity contribution >= 4 is 34.5 Å². The molecule has 86 heavy (non-hydrogen) atoms. The SMILES string of the molecule is CCCCC[C@H]1CC[C@H]([C@H]2CC[C@H](C(=O)Oc3ccc(-c4ccc(C(=O)Oc5cc6c7c(c8c(c6cc5OC)OC(c5ccccc5)(c5ccc(N6CCOCC6)cc5)C=C8)C(C)(C)c5c-7cc(C(F)(F)F)cc5C(F)(F)F)cc4)cc3)CC2)CC1. The van der Waals surface area contributed by atoms with Crippen LogP contribution in [0.3, 0.4) is 0 Å². The largest absolute Gasteiger partial charge is 0.493 e. The molecule has 2 saturated carbocycles. The van der Waals surface area contributed by atoms with Crippen molar-refractivity contribution in [1.29, 1.82) is 0 Å². The molecule has 7 aromatic rings. The minimum absolute atomic E-state index is 0.0551. The van der Waals surface area contributed by atoms with E-state index in [2.05, 4.69) is 11.8 Å². The second kappa shape index (κ2) is 23.6. The van der Waals surface area contributed by atoms with Crippen LogP contribution in [0.25, 0.3) is 39.1 Å². The summed E-state index contributed by atoms with van der Waals surface area (Å²) in [7, 11) is 1.37. The van der Waals surface area contributed by atoms with Gasteiger partial charge in [0.05, 0.1) is 42.9 Å². The van der Waals surface area contributed by atoms with Crippen molar-refractivity contribution in [3.8, 4) is 45.3 Å². The molecule has 0 bridgehead atoms. The fraction of sp³-hybridized carbons (Fsp3) is 0.389. The molecule has 0 aromatic heterocycles. The topological polar surface area (TPSA) is 83.5 Å². The number of unbranched alkanes of at least 4 members (excludes halogenated alkanes) is 2. The van der Waals surface area contributed by atoms with Crippen LogP contribution in [0.4, 0.5) is 32.0 Å². The summed E-state index contributed by atoms with van der Waals surface area (Å²) in [6.45, 7) is 8.02. The van der Waals surface area contributed by atoms with Gasteiger partial charge in [0.15, 0.2) is 17.1 Å². The van der Waals surface area contributed by atoms with Gasteiger partial charge in [0.1, 0.15) is 11.5 Å². The Balaban J connectivity index is 0.838. The number of hydrogen-bond donors (Lipinski definition) is 0. The van der Waals surface area contributed by atoms with Crippen molar-refractivity contribution in [2.75, 3.05) is 38.3 Å². The first-order valence-electron chi connectivity index (χ1n) is 30.4. The Hall–Kier alpha value is -7.58. The summed E-state index contributed by atoms with van der Waals surface area (Å²) in [4.78, 5) is 29.9. The number of anilines is 1. The molecule has 0 amide bonds. The van der Waals surface area contributed by atoms with E-state index < -0.39 is 40.5 Å². The lowest BCUT2D eigenvalue weighted by Crippen LogP contribution is -2.37. The van der Waals surface area contributed by atoms with Crippen molar-refractivity contribution in [2.45, 2.75) is 121 Å². The molecule has 448 valence electrons. The van der Waals surface area contributed by atoms with Gasteiger partial charge in [0.2, 0.25) is 0 Å². The molecular weight excluding hydrogens is 1100 g/mol. The normalized spacial score (nSPS) is 21.7. The molecule has 14 heteroatoms. The lowest BCUT2D eigenvalue weighted by Gasteiger charge is -2.39. The number of fused-ring (bicyclic) bond motifs is 8. The fourth-order valence-corrected chi connectivity index (χ4v) is 14.6. The Morgan fingerprint density at radius 2 is 1.29 bits per heavy atom. The Bertz CT molecular complexity index is 3670. The van der Waals surface area contributed by atoms with Gasteiger partial charge in [0, 0.05) is 46.3 Å². The minimum atomic E-state index is -5.18. The van der Waals surface area contributed by atoms with Gasteiger partial charge in [-0.3, -0.25) is 4.79 Å². The maximum absolute atomic E-state index is 15.3. The Labute approximate surface area is 498 Å². The van der Waals surface area contributed by atoms with Crippen LogP contribution in [0.5, 0.6) is 23.0 Å². The first-order valence-corrected chi connectivity index (χ1v) is 30.4. The average Bonchev–Trinajstić information content (AvgIpc) is 1.49. The zero-order chi connectivity index (χ0) is 60.1. The van der Waals surface area contributed by atoms with Gasteiger partial charge in [-0.1, -0.05) is 132 Å². The van der Waals surface area contributed by atoms with Crippen molar-refractivity contribution in [1.82, 2.24) is 0 Å². The first kappa shape index (κ1) is 58.8. The second-order valence-electron chi connectivity index (χ2n) is 24.6. The molecule has 0 spiro atoms. The molecule has 3 fully saturated rings. The van der Waals surface area contributed by atoms with Crippen molar-refractivity contribution < 1.29 is 59.6 Å². The van der Waals surface area contributed by atoms with E-state index in [1.807, 2.05) is 72.8 Å². The number of alkyl halides is 6. The standard InChI is InChI=1S/C72H71F6NO7/c1-5-6-8-11-44-14-16-45(17-15-44)46-18-22-49(23-19-46)67(80)84-55-32-26-48(27-33-55)47-20-24-50(25-21-47)68(81)85-62-42-57-58(43-61(62)82-4)66-56(65-63(57)59-40-53(71(73,74)75)41-60(72(76,77)78)64(59)69(65,2)3)34-35-70(86-66,51-12-9-7-10-13-51)52-28-30-54(31-29-52)79-36-38-83-39-37-79/h7,9-10,12-13,20-21,24-35,40-46,49H,5-6,8,11,14-19,22-23,36-39H2,1-4H3/t44-,45-,46-,49-,70?. The van der Waals surface area contributed by atoms with Crippen LogP contribution >= 0.6 is 0 Å². The number of esters is 2. The van der Waals surface area contributed by atoms with Crippen LogP contribution in [0.15, 0.2) is 133 Å². The maximum Gasteiger partial charge on any atom is 0.416 e. The molecule has 1 unspecified atom stereocenters. The van der Waals surface area contributed by atoms with E-state index in [0.717, 1.165) is 71.5 Å². The van der Waals surface area contributed by atoms with Crippen LogP contribution < -0.4 is 23.8 Å². The summed E-state index contributed by atoms with van der Waals surface area (Å²) in [5, 5.41) is 0.478. The number of carbonyl (C=O) groups excluding carboxylic acids is 2. The van der Waals surface area contributed by atoms with E-state index in [9.17, 15) is 22.8 Å². The van der Waals surface area contributed by atoms with Crippen molar-refractivity contribution in [2.24, 2.45) is 23.7 Å². The molecule has 2 heterocycles. The monoisotopic (exact) mass is 1180 g/mol. The average molecular weight is 1180 g/mol. The van der Waals surface area contributed by atoms with Gasteiger partial charge in [-0.15, -0.1) is 0 Å². The summed E-state index contributed by atoms with van der Waals surface area (Å²) in [5.41, 5.74) is -1.35. The third-order valence-corrected chi connectivity index (χ3v) is 19.1. The third kappa shape index (κ3) is 11.3. The van der Waals surface area contributed by atoms with E-state index >= 15 is 13.2 Å². The highest BCUT2D eigenvalue weighted by molar-refractivity contribution is 6.10. The van der Waals surface area contributed by atoms with Crippen LogP contribution in [0.1, 0.15) is 147 Å². The maximum atomic E-state index is 15.3. The van der Waals surface area contributed by atoms with E-state index in [1.165, 1.54) is 64.5 Å². The number of methoxy groups -OCH3 is 1. The highest BCUT2D eigenvalue weighted by atomic mass is 19.4. The number of ether oxygens (including phenoxy) is 5. The molecule has 0 radical (unpaired) electrons. The molecule has 7 aromatic carbocycles. The second-order valence-corrected chi connectivity index (χ2v) is 24.6. The molecule has 8 nitrogen and oxygen atoms in total. The predicted octanol–water partition coefficient (Wildman–Crippen LogP) is 18.4. The number of benzene rings is 7. The van der Waals surface area contributed by atoms with Crippen molar-refractivity contribution in [3.63, 3.8) is 0 Å². The van der Waals surface area contributed by atoms with Crippen molar-refractivity contribution in [3.05, 3.63) is 178 Å². The number of halogens is 6. The van der Waals surface area contributed by atoms with Gasteiger partial charge < -0.3 is 28.6 Å². The first-order chi connectivity index (χ1) is 41.3. The van der Waals surface area contributed by atoms with E-state index in [0.29, 0.717) is 54.5 Å². The van der Waals surface area contributed by atoms with Gasteiger partial charge in [-0.05, 0) is 162 Å². The molecule has 0 N–H and O–H groups in total. The summed E-state index contributed by atoms with van der Waals surface area (Å²) in [6, 6.07) is 35.3. The summed E-state index contributed by atoms with van der Waals surface area (Å²) in [5.74, 6) is 1.87. The Morgan fingerprint density at radius 3 is 1.92 bits per heavy atom. The Morgan fingerprint density at radius 1 is 0.663 bits per heavy atom. The molecule has 1 atom stereocenters. The van der Waals surface area contributed by atoms with E-state index in [1.54, 1.807) is 62.4 Å². The van der Waals surface area contributed by atoms with Gasteiger partial charge in [-0.25, -0.2) is 4.79 Å². The molecule has 12 rings (SSSR count). The van der Waals surface area contributed by atoms with Crippen LogP contribution in [0, 0.1) is 23.7 Å². The third-order valence-electron chi connectivity index (χ3n) is 19.1. The lowest BCUT2D eigenvalue weighted by atomic mass is 9.68. The number of morpholine rings is 1. The number of rotatable bonds is 14. The van der Waals surface area contributed by atoms with Gasteiger partial charge in [-0.2, -0.15) is 26.3 Å². The highest BCUT2D eigenvalue weighted by Crippen LogP contribution is 2.62. The molecular formula is C72H71F6NO7. The summed E-state index contributed by atoms with van der Waals surface area (Å²) in [6.07, 6.45) is 7.82. The Kier molecular flexibility index (Phi) is 16.1. The zero-order valence-electron chi connectivity index (χ0n) is 49.0. The molecule has 3 aliphatic carbocycles. The fourth-order valence-electron chi connectivity index (χ4n) is 14.6. The van der Waals surface area contributed by atoms with Crippen LogP contribution in [-0.4, -0.2) is 45.4 Å². The minimum Gasteiger partial charge on any atom is -0.493 e. The molecule has 1 saturated heterocycles. The number of hydrogen-bond acceptors (Lipinski definition) is 8. The number of carbonyl (C=O) groups is 2. The van der Waals surface area contributed by atoms with Gasteiger partial charge in [0.25, 0.3) is 0 Å². The zero-order valence-corrected chi connectivity index (χ0v) is 49.0. The van der Waals surface area contributed by atoms with E-state index in [4.69, 9.17) is 23.7 Å². The quantitative estimate of drug-likeness (QED) is 0.0461.